The number of hydrogen-bond acceptors (Lipinski definition) is 4. The van der Waals surface area contributed by atoms with E-state index in [0.29, 0.717) is 28.6 Å². The molecule has 0 unspecified atom stereocenters. The second kappa shape index (κ2) is 5.30. The maximum Gasteiger partial charge on any atom is 0.221 e. The minimum absolute atomic E-state index is 0.117. The molecule has 0 aromatic heterocycles. The highest BCUT2D eigenvalue weighted by atomic mass is 16.5. The lowest BCUT2D eigenvalue weighted by molar-refractivity contribution is -0.114. The van der Waals surface area contributed by atoms with E-state index in [2.05, 4.69) is 5.32 Å². The molecular formula is C14H15N3O2. The fraction of sp³-hybridized carbons (Fsp3) is 0.0714. The molecule has 98 valence electrons. The summed E-state index contributed by atoms with van der Waals surface area (Å²) in [5.41, 5.74) is 13.1. The number of para-hydroxylation sites is 1. The Balaban J connectivity index is 2.15. The van der Waals surface area contributed by atoms with Gasteiger partial charge >= 0.3 is 0 Å². The number of benzene rings is 2. The molecule has 0 bridgehead atoms. The van der Waals surface area contributed by atoms with Crippen LogP contribution in [0.15, 0.2) is 42.5 Å². The van der Waals surface area contributed by atoms with Crippen LogP contribution in [0.3, 0.4) is 0 Å². The van der Waals surface area contributed by atoms with Gasteiger partial charge in [0.25, 0.3) is 0 Å². The first-order valence-corrected chi connectivity index (χ1v) is 5.76. The molecule has 0 radical (unpaired) electrons. The van der Waals surface area contributed by atoms with Gasteiger partial charge in [0.15, 0.2) is 5.75 Å². The lowest BCUT2D eigenvalue weighted by Crippen LogP contribution is -2.05. The first kappa shape index (κ1) is 12.8. The zero-order chi connectivity index (χ0) is 13.8. The van der Waals surface area contributed by atoms with Crippen LogP contribution < -0.4 is 21.5 Å². The number of anilines is 3. The first-order chi connectivity index (χ1) is 9.06. The summed E-state index contributed by atoms with van der Waals surface area (Å²) in [6.45, 7) is 1.46. The standard InChI is InChI=1S/C14H15N3O2/c1-9(18)17-10-5-7-11(8-6-10)19-13-4-2-3-12(15)14(13)16/h2-8H,15-16H2,1H3,(H,17,18). The van der Waals surface area contributed by atoms with E-state index >= 15 is 0 Å². The molecule has 5 heteroatoms. The van der Waals surface area contributed by atoms with Gasteiger partial charge in [0.1, 0.15) is 5.75 Å². The van der Waals surface area contributed by atoms with Crippen LogP contribution in [0, 0.1) is 0 Å². The van der Waals surface area contributed by atoms with Gasteiger partial charge in [-0.05, 0) is 36.4 Å². The van der Waals surface area contributed by atoms with Gasteiger partial charge in [-0.25, -0.2) is 0 Å². The lowest BCUT2D eigenvalue weighted by atomic mass is 10.2. The van der Waals surface area contributed by atoms with Crippen LogP contribution >= 0.6 is 0 Å². The third kappa shape index (κ3) is 3.16. The third-order valence-electron chi connectivity index (χ3n) is 2.50. The number of nitrogen functional groups attached to an aromatic ring is 2. The van der Waals surface area contributed by atoms with Crippen LogP contribution in [-0.4, -0.2) is 5.91 Å². The van der Waals surface area contributed by atoms with Gasteiger partial charge in [-0.2, -0.15) is 0 Å². The van der Waals surface area contributed by atoms with E-state index in [0.717, 1.165) is 0 Å². The Morgan fingerprint density at radius 2 is 1.79 bits per heavy atom. The van der Waals surface area contributed by atoms with Gasteiger partial charge < -0.3 is 21.5 Å². The number of rotatable bonds is 3. The summed E-state index contributed by atoms with van der Waals surface area (Å²) in [5, 5.41) is 2.68. The van der Waals surface area contributed by atoms with Crippen molar-refractivity contribution >= 4 is 23.0 Å². The number of carbonyl (C=O) groups is 1. The van der Waals surface area contributed by atoms with Gasteiger partial charge in [0.2, 0.25) is 5.91 Å². The Labute approximate surface area is 111 Å². The maximum absolute atomic E-state index is 10.9. The van der Waals surface area contributed by atoms with Crippen molar-refractivity contribution < 1.29 is 9.53 Å². The molecule has 2 aromatic rings. The lowest BCUT2D eigenvalue weighted by Gasteiger charge is -2.10. The Bertz CT molecular complexity index is 594. The quantitative estimate of drug-likeness (QED) is 0.737. The van der Waals surface area contributed by atoms with Crippen molar-refractivity contribution in [1.82, 2.24) is 0 Å². The molecule has 2 rings (SSSR count). The molecule has 0 aliphatic heterocycles. The van der Waals surface area contributed by atoms with Gasteiger partial charge in [-0.15, -0.1) is 0 Å². The van der Waals surface area contributed by atoms with E-state index in [1.54, 1.807) is 42.5 Å². The topological polar surface area (TPSA) is 90.4 Å². The Morgan fingerprint density at radius 1 is 1.11 bits per heavy atom. The van der Waals surface area contributed by atoms with Crippen LogP contribution in [-0.2, 0) is 4.79 Å². The predicted octanol–water partition coefficient (Wildman–Crippen LogP) is 2.60. The highest BCUT2D eigenvalue weighted by Gasteiger charge is 2.05. The summed E-state index contributed by atoms with van der Waals surface area (Å²) in [4.78, 5) is 10.9. The largest absolute Gasteiger partial charge is 0.455 e. The van der Waals surface area contributed by atoms with Gasteiger partial charge in [0, 0.05) is 12.6 Å². The van der Waals surface area contributed by atoms with Crippen LogP contribution in [0.2, 0.25) is 0 Å². The number of carbonyl (C=O) groups excluding carboxylic acids is 1. The van der Waals surface area contributed by atoms with Gasteiger partial charge in [-0.1, -0.05) is 6.07 Å². The molecule has 2 aromatic carbocycles. The van der Waals surface area contributed by atoms with Crippen LogP contribution in [0.4, 0.5) is 17.1 Å². The number of amides is 1. The second-order valence-corrected chi connectivity index (χ2v) is 4.07. The molecule has 0 saturated carbocycles. The summed E-state index contributed by atoms with van der Waals surface area (Å²) >= 11 is 0. The highest BCUT2D eigenvalue weighted by molar-refractivity contribution is 5.88. The van der Waals surface area contributed by atoms with E-state index in [1.165, 1.54) is 6.92 Å². The molecule has 5 nitrogen and oxygen atoms in total. The number of nitrogens with two attached hydrogens (primary N) is 2. The van der Waals surface area contributed by atoms with E-state index in [9.17, 15) is 4.79 Å². The Hall–Kier alpha value is -2.69. The predicted molar refractivity (Wildman–Crippen MR) is 76.1 cm³/mol. The maximum atomic E-state index is 10.9. The Kier molecular flexibility index (Phi) is 3.56. The summed E-state index contributed by atoms with van der Waals surface area (Å²) in [6.07, 6.45) is 0. The number of nitrogens with one attached hydrogen (secondary N) is 1. The smallest absolute Gasteiger partial charge is 0.221 e. The molecule has 0 aliphatic carbocycles. The SMILES string of the molecule is CC(=O)Nc1ccc(Oc2cccc(N)c2N)cc1. The molecule has 5 N–H and O–H groups in total. The summed E-state index contributed by atoms with van der Waals surface area (Å²) in [5.74, 6) is 1.01. The third-order valence-corrected chi connectivity index (χ3v) is 2.50. The van der Waals surface area contributed by atoms with E-state index in [4.69, 9.17) is 16.2 Å². The summed E-state index contributed by atoms with van der Waals surface area (Å²) in [7, 11) is 0. The zero-order valence-electron chi connectivity index (χ0n) is 10.5. The van der Waals surface area contributed by atoms with Crippen molar-refractivity contribution in [2.24, 2.45) is 0 Å². The minimum Gasteiger partial charge on any atom is -0.455 e. The van der Waals surface area contributed by atoms with Gasteiger partial charge in [-0.3, -0.25) is 4.79 Å². The van der Waals surface area contributed by atoms with Crippen LogP contribution in [0.25, 0.3) is 0 Å². The van der Waals surface area contributed by atoms with Crippen LogP contribution in [0.5, 0.6) is 11.5 Å². The van der Waals surface area contributed by atoms with Crippen molar-refractivity contribution in [1.29, 1.82) is 0 Å². The van der Waals surface area contributed by atoms with Crippen LogP contribution in [0.1, 0.15) is 6.92 Å². The molecule has 0 spiro atoms. The van der Waals surface area contributed by atoms with Crippen molar-refractivity contribution in [2.45, 2.75) is 6.92 Å². The normalized spacial score (nSPS) is 9.95. The molecule has 1 amide bonds. The number of hydrogen-bond donors (Lipinski definition) is 3. The van der Waals surface area contributed by atoms with Crippen molar-refractivity contribution in [3.63, 3.8) is 0 Å². The molecule has 0 heterocycles. The zero-order valence-corrected chi connectivity index (χ0v) is 10.5. The molecule has 0 atom stereocenters. The number of ether oxygens (including phenoxy) is 1. The fourth-order valence-corrected chi connectivity index (χ4v) is 1.59. The monoisotopic (exact) mass is 257 g/mol. The van der Waals surface area contributed by atoms with Crippen molar-refractivity contribution in [3.8, 4) is 11.5 Å². The molecule has 0 aliphatic rings. The molecular weight excluding hydrogens is 242 g/mol. The first-order valence-electron chi connectivity index (χ1n) is 5.76. The fourth-order valence-electron chi connectivity index (χ4n) is 1.59. The Morgan fingerprint density at radius 3 is 2.42 bits per heavy atom. The average molecular weight is 257 g/mol. The molecule has 19 heavy (non-hydrogen) atoms. The van der Waals surface area contributed by atoms with E-state index in [-0.39, 0.29) is 5.91 Å². The average Bonchev–Trinajstić information content (AvgIpc) is 2.37. The van der Waals surface area contributed by atoms with E-state index < -0.39 is 0 Å². The summed E-state index contributed by atoms with van der Waals surface area (Å²) < 4.78 is 5.63. The summed E-state index contributed by atoms with van der Waals surface area (Å²) in [6, 6.07) is 12.2. The molecule has 0 saturated heterocycles. The van der Waals surface area contributed by atoms with Gasteiger partial charge in [0.05, 0.1) is 11.4 Å². The minimum atomic E-state index is -0.117. The van der Waals surface area contributed by atoms with E-state index in [1.807, 2.05) is 0 Å². The second-order valence-electron chi connectivity index (χ2n) is 4.07. The van der Waals surface area contributed by atoms with Crippen molar-refractivity contribution in [3.05, 3.63) is 42.5 Å². The molecule has 0 fully saturated rings. The van der Waals surface area contributed by atoms with Crippen molar-refractivity contribution in [2.75, 3.05) is 16.8 Å². The highest BCUT2D eigenvalue weighted by Crippen LogP contribution is 2.31.